The quantitative estimate of drug-likeness (QED) is 0.632. The van der Waals surface area contributed by atoms with Crippen molar-refractivity contribution in [2.45, 2.75) is 39.0 Å². The van der Waals surface area contributed by atoms with Crippen LogP contribution < -0.4 is 0 Å². The van der Waals surface area contributed by atoms with Gasteiger partial charge in [-0.15, -0.1) is 0 Å². The van der Waals surface area contributed by atoms with Crippen LogP contribution in [0.4, 0.5) is 0 Å². The molecule has 1 heterocycles. The van der Waals surface area contributed by atoms with Gasteiger partial charge in [-0.1, -0.05) is 49.1 Å². The van der Waals surface area contributed by atoms with E-state index < -0.39 is 5.97 Å². The highest BCUT2D eigenvalue weighted by Gasteiger charge is 2.15. The Hall–Kier alpha value is -2.10. The molecular weight excluding hydrogens is 290 g/mol. The molecule has 1 fully saturated rings. The van der Waals surface area contributed by atoms with E-state index in [0.29, 0.717) is 0 Å². The van der Waals surface area contributed by atoms with E-state index in [-0.39, 0.29) is 12.5 Å². The van der Waals surface area contributed by atoms with Gasteiger partial charge in [0.1, 0.15) is 0 Å². The number of carbonyl (C=O) groups is 2. The lowest BCUT2D eigenvalue weighted by Gasteiger charge is -2.24. The minimum Gasteiger partial charge on any atom is -0.452 e. The highest BCUT2D eigenvalue weighted by molar-refractivity contribution is 5.89. The number of hydrogen-bond acceptors (Lipinski definition) is 3. The van der Waals surface area contributed by atoms with Gasteiger partial charge in [0, 0.05) is 19.2 Å². The number of carbonyl (C=O) groups excluding carboxylic acids is 2. The third-order valence-electron chi connectivity index (χ3n) is 4.04. The number of ether oxygens (including phenoxy) is 1. The number of aryl methyl sites for hydroxylation is 1. The maximum atomic E-state index is 12.1. The van der Waals surface area contributed by atoms with Gasteiger partial charge in [0.05, 0.1) is 0 Å². The van der Waals surface area contributed by atoms with Gasteiger partial charge in [-0.25, -0.2) is 4.79 Å². The van der Waals surface area contributed by atoms with Gasteiger partial charge in [0.2, 0.25) is 0 Å². The summed E-state index contributed by atoms with van der Waals surface area (Å²) >= 11 is 0. The molecule has 1 aliphatic rings. The number of rotatable bonds is 4. The van der Waals surface area contributed by atoms with Crippen LogP contribution in [-0.2, 0) is 14.3 Å². The second kappa shape index (κ2) is 9.13. The van der Waals surface area contributed by atoms with E-state index in [2.05, 4.69) is 0 Å². The van der Waals surface area contributed by atoms with Crippen LogP contribution in [0.2, 0.25) is 0 Å². The molecule has 1 saturated heterocycles. The van der Waals surface area contributed by atoms with Gasteiger partial charge in [-0.3, -0.25) is 4.79 Å². The van der Waals surface area contributed by atoms with Crippen LogP contribution in [0.15, 0.2) is 30.3 Å². The minimum atomic E-state index is -0.481. The fourth-order valence-corrected chi connectivity index (χ4v) is 2.61. The van der Waals surface area contributed by atoms with Crippen molar-refractivity contribution >= 4 is 18.0 Å². The Morgan fingerprint density at radius 2 is 1.65 bits per heavy atom. The molecule has 0 spiro atoms. The molecule has 1 aromatic carbocycles. The monoisotopic (exact) mass is 315 g/mol. The van der Waals surface area contributed by atoms with Crippen molar-refractivity contribution in [1.82, 2.24) is 4.90 Å². The molecule has 0 aromatic heterocycles. The molecule has 1 amide bonds. The minimum absolute atomic E-state index is 0.0935. The third-order valence-corrected chi connectivity index (χ3v) is 4.04. The van der Waals surface area contributed by atoms with Crippen LogP contribution in [0, 0.1) is 6.92 Å². The fourth-order valence-electron chi connectivity index (χ4n) is 2.61. The van der Waals surface area contributed by atoms with Gasteiger partial charge in [-0.05, 0) is 31.4 Å². The summed E-state index contributed by atoms with van der Waals surface area (Å²) < 4.78 is 5.06. The molecule has 0 bridgehead atoms. The second-order valence-electron chi connectivity index (χ2n) is 6.00. The molecule has 0 radical (unpaired) electrons. The number of likely N-dealkylation sites (tertiary alicyclic amines) is 1. The summed E-state index contributed by atoms with van der Waals surface area (Å²) in [6, 6.07) is 7.84. The van der Waals surface area contributed by atoms with E-state index in [1.807, 2.05) is 36.1 Å². The van der Waals surface area contributed by atoms with Crippen LogP contribution >= 0.6 is 0 Å². The number of hydrogen-bond donors (Lipinski definition) is 0. The van der Waals surface area contributed by atoms with Crippen molar-refractivity contribution in [3.05, 3.63) is 41.5 Å². The summed E-state index contributed by atoms with van der Waals surface area (Å²) in [4.78, 5) is 25.6. The zero-order chi connectivity index (χ0) is 16.5. The first-order valence-corrected chi connectivity index (χ1v) is 8.34. The van der Waals surface area contributed by atoms with Crippen LogP contribution in [0.5, 0.6) is 0 Å². The second-order valence-corrected chi connectivity index (χ2v) is 6.00. The van der Waals surface area contributed by atoms with E-state index in [9.17, 15) is 9.59 Å². The molecule has 0 aliphatic carbocycles. The lowest BCUT2D eigenvalue weighted by Crippen LogP contribution is -2.36. The summed E-state index contributed by atoms with van der Waals surface area (Å²) in [5.74, 6) is -0.574. The van der Waals surface area contributed by atoms with E-state index in [4.69, 9.17) is 4.74 Å². The molecule has 0 atom stereocenters. The predicted octanol–water partition coefficient (Wildman–Crippen LogP) is 3.34. The lowest BCUT2D eigenvalue weighted by molar-refractivity contribution is -0.148. The van der Waals surface area contributed by atoms with Gasteiger partial charge in [0.25, 0.3) is 5.91 Å². The average Bonchev–Trinajstić information content (AvgIpc) is 2.52. The first-order valence-electron chi connectivity index (χ1n) is 8.34. The molecule has 0 N–H and O–H groups in total. The summed E-state index contributed by atoms with van der Waals surface area (Å²) in [5.41, 5.74) is 2.10. The van der Waals surface area contributed by atoms with E-state index in [0.717, 1.165) is 31.5 Å². The molecule has 4 heteroatoms. The molecule has 2 rings (SSSR count). The zero-order valence-corrected chi connectivity index (χ0v) is 13.8. The average molecular weight is 315 g/mol. The smallest absolute Gasteiger partial charge is 0.331 e. The first-order chi connectivity index (χ1) is 11.1. The van der Waals surface area contributed by atoms with Crippen LogP contribution in [-0.4, -0.2) is 36.5 Å². The Morgan fingerprint density at radius 1 is 1.04 bits per heavy atom. The van der Waals surface area contributed by atoms with E-state index in [1.54, 1.807) is 6.08 Å². The standard InChI is InChI=1S/C19H25NO3/c1-16-7-9-17(10-8-16)11-12-19(22)23-15-18(21)20-13-5-3-2-4-6-14-20/h7-12H,2-6,13-15H2,1H3/b12-11+. The maximum Gasteiger partial charge on any atom is 0.331 e. The van der Waals surface area contributed by atoms with Crippen LogP contribution in [0.3, 0.4) is 0 Å². The molecular formula is C19H25NO3. The third kappa shape index (κ3) is 6.27. The molecule has 124 valence electrons. The zero-order valence-electron chi connectivity index (χ0n) is 13.8. The van der Waals surface area contributed by atoms with E-state index >= 15 is 0 Å². The summed E-state index contributed by atoms with van der Waals surface area (Å²) in [6.45, 7) is 3.39. The summed E-state index contributed by atoms with van der Waals surface area (Å²) in [7, 11) is 0. The number of benzene rings is 1. The largest absolute Gasteiger partial charge is 0.452 e. The summed E-state index contributed by atoms with van der Waals surface area (Å²) in [6.07, 6.45) is 8.72. The Bertz CT molecular complexity index is 540. The molecule has 4 nitrogen and oxygen atoms in total. The molecule has 1 aromatic rings. The van der Waals surface area contributed by atoms with Crippen molar-refractivity contribution in [2.24, 2.45) is 0 Å². The van der Waals surface area contributed by atoms with Crippen molar-refractivity contribution in [3.8, 4) is 0 Å². The van der Waals surface area contributed by atoms with E-state index in [1.165, 1.54) is 30.9 Å². The van der Waals surface area contributed by atoms with Crippen molar-refractivity contribution in [3.63, 3.8) is 0 Å². The summed E-state index contributed by atoms with van der Waals surface area (Å²) in [5, 5.41) is 0. The Labute approximate surface area is 138 Å². The molecule has 0 saturated carbocycles. The number of esters is 1. The lowest BCUT2D eigenvalue weighted by atomic mass is 10.1. The Kier molecular flexibility index (Phi) is 6.85. The molecule has 1 aliphatic heterocycles. The number of nitrogens with zero attached hydrogens (tertiary/aromatic N) is 1. The van der Waals surface area contributed by atoms with Crippen LogP contribution in [0.25, 0.3) is 6.08 Å². The highest BCUT2D eigenvalue weighted by Crippen LogP contribution is 2.10. The molecule has 0 unspecified atom stereocenters. The first kappa shape index (κ1) is 17.3. The molecule has 23 heavy (non-hydrogen) atoms. The van der Waals surface area contributed by atoms with Gasteiger partial charge in [-0.2, -0.15) is 0 Å². The Morgan fingerprint density at radius 3 is 2.30 bits per heavy atom. The van der Waals surface area contributed by atoms with Gasteiger partial charge in [0.15, 0.2) is 6.61 Å². The normalized spacial score (nSPS) is 16.0. The SMILES string of the molecule is Cc1ccc(/C=C/C(=O)OCC(=O)N2CCCCCCC2)cc1. The Balaban J connectivity index is 1.76. The highest BCUT2D eigenvalue weighted by atomic mass is 16.5. The van der Waals surface area contributed by atoms with Crippen LogP contribution in [0.1, 0.15) is 43.2 Å². The van der Waals surface area contributed by atoms with Crippen molar-refractivity contribution in [1.29, 1.82) is 0 Å². The van der Waals surface area contributed by atoms with Gasteiger partial charge >= 0.3 is 5.97 Å². The van der Waals surface area contributed by atoms with Gasteiger partial charge < -0.3 is 9.64 Å². The fraction of sp³-hybridized carbons (Fsp3) is 0.474. The topological polar surface area (TPSA) is 46.6 Å². The van der Waals surface area contributed by atoms with Crippen molar-refractivity contribution in [2.75, 3.05) is 19.7 Å². The van der Waals surface area contributed by atoms with Crippen molar-refractivity contribution < 1.29 is 14.3 Å². The predicted molar refractivity (Wildman–Crippen MR) is 90.8 cm³/mol. The number of amides is 1. The maximum absolute atomic E-state index is 12.1.